The van der Waals surface area contributed by atoms with Crippen molar-refractivity contribution in [2.75, 3.05) is 6.54 Å². The molecule has 3 nitrogen and oxygen atoms in total. The van der Waals surface area contributed by atoms with Crippen molar-refractivity contribution in [3.05, 3.63) is 76.2 Å². The Morgan fingerprint density at radius 2 is 2.00 bits per heavy atom. The van der Waals surface area contributed by atoms with Crippen LogP contribution >= 0.6 is 0 Å². The topological polar surface area (TPSA) is 50.1 Å². The summed E-state index contributed by atoms with van der Waals surface area (Å²) in [5.74, 6) is 0. The Kier molecular flexibility index (Phi) is 3.01. The van der Waals surface area contributed by atoms with E-state index in [4.69, 9.17) is 5.73 Å². The largest absolute Gasteiger partial charge is 0.385 e. The molecule has 3 heteroatoms. The van der Waals surface area contributed by atoms with E-state index in [0.717, 1.165) is 29.9 Å². The zero-order valence-corrected chi connectivity index (χ0v) is 12.4. The molecule has 22 heavy (non-hydrogen) atoms. The highest BCUT2D eigenvalue weighted by Gasteiger charge is 2.16. The second-order valence-corrected chi connectivity index (χ2v) is 5.83. The molecule has 2 aromatic carbocycles. The van der Waals surface area contributed by atoms with Gasteiger partial charge in [0.2, 0.25) is 0 Å². The smallest absolute Gasteiger partial charge is 0.0944 e. The first-order valence-corrected chi connectivity index (χ1v) is 7.62. The molecule has 110 valence electrons. The van der Waals surface area contributed by atoms with E-state index in [1.807, 2.05) is 6.07 Å². The lowest BCUT2D eigenvalue weighted by molar-refractivity contribution is 0.770. The van der Waals surface area contributed by atoms with Crippen LogP contribution in [0.15, 0.2) is 49.0 Å². The van der Waals surface area contributed by atoms with Crippen LogP contribution in [0.1, 0.15) is 16.7 Å². The van der Waals surface area contributed by atoms with Crippen molar-refractivity contribution < 1.29 is 0 Å². The standard InChI is InChI=1S/C19H19N3/c1-12-17-10-15(7-6-13(17)8-9-21-12)19-16-5-3-2-4-14(16)11-18(20)22-19/h2-7,10-11,18,21-22H,1,8-9,20H2. The molecule has 4 N–H and O–H groups in total. The van der Waals surface area contributed by atoms with Crippen molar-refractivity contribution in [1.29, 1.82) is 0 Å². The van der Waals surface area contributed by atoms with E-state index in [2.05, 4.69) is 59.7 Å². The van der Waals surface area contributed by atoms with Gasteiger partial charge in [0.15, 0.2) is 0 Å². The van der Waals surface area contributed by atoms with Crippen LogP contribution < -0.4 is 26.8 Å². The van der Waals surface area contributed by atoms with E-state index >= 15 is 0 Å². The lowest BCUT2D eigenvalue weighted by Crippen LogP contribution is -2.46. The minimum atomic E-state index is -0.165. The minimum Gasteiger partial charge on any atom is -0.385 e. The van der Waals surface area contributed by atoms with Gasteiger partial charge in [0.05, 0.1) is 11.9 Å². The van der Waals surface area contributed by atoms with Crippen LogP contribution in [0.2, 0.25) is 0 Å². The number of fused-ring (bicyclic) bond motifs is 2. The van der Waals surface area contributed by atoms with Gasteiger partial charge in [0.25, 0.3) is 0 Å². The Labute approximate surface area is 129 Å². The van der Waals surface area contributed by atoms with E-state index in [9.17, 15) is 0 Å². The van der Waals surface area contributed by atoms with Gasteiger partial charge < -0.3 is 16.4 Å². The van der Waals surface area contributed by atoms with E-state index in [1.54, 1.807) is 0 Å². The third kappa shape index (κ3) is 2.11. The molecule has 2 heterocycles. The van der Waals surface area contributed by atoms with Crippen LogP contribution in [-0.2, 0) is 6.42 Å². The Morgan fingerprint density at radius 1 is 1.14 bits per heavy atom. The first-order valence-electron chi connectivity index (χ1n) is 7.62. The number of nitrogens with two attached hydrogens (primary N) is 1. The fourth-order valence-corrected chi connectivity index (χ4v) is 3.26. The summed E-state index contributed by atoms with van der Waals surface area (Å²) < 4.78 is 0. The van der Waals surface area contributed by atoms with Crippen LogP contribution in [0, 0.1) is 0 Å². The van der Waals surface area contributed by atoms with Crippen molar-refractivity contribution >= 4 is 17.5 Å². The highest BCUT2D eigenvalue weighted by molar-refractivity contribution is 5.74. The zero-order valence-electron chi connectivity index (χ0n) is 12.4. The molecule has 2 aromatic rings. The van der Waals surface area contributed by atoms with Crippen LogP contribution in [-0.4, -0.2) is 12.7 Å². The van der Waals surface area contributed by atoms with E-state index in [-0.39, 0.29) is 6.17 Å². The molecule has 0 radical (unpaired) electrons. The first kappa shape index (κ1) is 13.2. The maximum atomic E-state index is 6.13. The molecule has 0 aromatic heterocycles. The Morgan fingerprint density at radius 3 is 2.91 bits per heavy atom. The van der Waals surface area contributed by atoms with Crippen molar-refractivity contribution in [2.24, 2.45) is 5.73 Å². The Bertz CT molecular complexity index is 880. The second-order valence-electron chi connectivity index (χ2n) is 5.83. The third-order valence-electron chi connectivity index (χ3n) is 4.36. The summed E-state index contributed by atoms with van der Waals surface area (Å²) >= 11 is 0. The van der Waals surface area contributed by atoms with Gasteiger partial charge in [-0.1, -0.05) is 43.0 Å². The molecule has 0 spiro atoms. The normalized spacial score (nSPS) is 19.4. The predicted octanol–water partition coefficient (Wildman–Crippen LogP) is 0.628. The van der Waals surface area contributed by atoms with Crippen molar-refractivity contribution in [3.8, 4) is 0 Å². The van der Waals surface area contributed by atoms with Crippen molar-refractivity contribution in [1.82, 2.24) is 10.6 Å². The van der Waals surface area contributed by atoms with Crippen LogP contribution in [0.25, 0.3) is 17.5 Å². The monoisotopic (exact) mass is 289 g/mol. The average molecular weight is 289 g/mol. The lowest BCUT2D eigenvalue weighted by Gasteiger charge is -2.24. The Balaban J connectivity index is 1.95. The molecule has 2 aliphatic heterocycles. The molecule has 0 saturated heterocycles. The molecule has 0 aliphatic carbocycles. The summed E-state index contributed by atoms with van der Waals surface area (Å²) in [6, 6.07) is 14.9. The maximum Gasteiger partial charge on any atom is 0.0944 e. The molecule has 0 amide bonds. The number of hydrogen-bond acceptors (Lipinski definition) is 3. The average Bonchev–Trinajstić information content (AvgIpc) is 2.54. The SMILES string of the molecule is C=C1NCCc2ccc(C3=c4ccccc4=CC(N)N3)cc21. The molecular formula is C19H19N3. The third-order valence-corrected chi connectivity index (χ3v) is 4.36. The van der Waals surface area contributed by atoms with Crippen molar-refractivity contribution in [2.45, 2.75) is 12.6 Å². The summed E-state index contributed by atoms with van der Waals surface area (Å²) in [7, 11) is 0. The molecule has 0 bridgehead atoms. The lowest BCUT2D eigenvalue weighted by atomic mass is 9.94. The summed E-state index contributed by atoms with van der Waals surface area (Å²) in [4.78, 5) is 0. The van der Waals surface area contributed by atoms with Gasteiger partial charge in [-0.05, 0) is 34.9 Å². The van der Waals surface area contributed by atoms with E-state index in [1.165, 1.54) is 21.6 Å². The molecule has 2 aliphatic rings. The molecular weight excluding hydrogens is 270 g/mol. The van der Waals surface area contributed by atoms with E-state index < -0.39 is 0 Å². The molecule has 1 atom stereocenters. The first-order chi connectivity index (χ1) is 10.7. The summed E-state index contributed by atoms with van der Waals surface area (Å²) in [6.07, 6.45) is 2.93. The number of rotatable bonds is 1. The van der Waals surface area contributed by atoms with Crippen LogP contribution in [0.4, 0.5) is 0 Å². The number of nitrogens with one attached hydrogen (secondary N) is 2. The zero-order chi connectivity index (χ0) is 15.1. The molecule has 0 fully saturated rings. The molecule has 0 saturated carbocycles. The van der Waals surface area contributed by atoms with Gasteiger partial charge in [-0.15, -0.1) is 0 Å². The second kappa shape index (κ2) is 5.04. The van der Waals surface area contributed by atoms with Gasteiger partial charge in [-0.2, -0.15) is 0 Å². The van der Waals surface area contributed by atoms with E-state index in [0.29, 0.717) is 0 Å². The number of hydrogen-bond donors (Lipinski definition) is 3. The minimum absolute atomic E-state index is 0.165. The van der Waals surface area contributed by atoms with Gasteiger partial charge >= 0.3 is 0 Å². The summed E-state index contributed by atoms with van der Waals surface area (Å²) in [5, 5.41) is 9.11. The highest BCUT2D eigenvalue weighted by atomic mass is 15.0. The van der Waals surface area contributed by atoms with Crippen LogP contribution in [0.3, 0.4) is 0 Å². The maximum absolute atomic E-state index is 6.13. The fourth-order valence-electron chi connectivity index (χ4n) is 3.26. The number of benzene rings is 2. The summed E-state index contributed by atoms with van der Waals surface area (Å²) in [6.45, 7) is 5.09. The van der Waals surface area contributed by atoms with Gasteiger partial charge in [0, 0.05) is 23.0 Å². The summed E-state index contributed by atoms with van der Waals surface area (Å²) in [5.41, 5.74) is 11.9. The highest BCUT2D eigenvalue weighted by Crippen LogP contribution is 2.24. The van der Waals surface area contributed by atoms with Gasteiger partial charge in [0.1, 0.15) is 0 Å². The molecule has 1 unspecified atom stereocenters. The Hall–Kier alpha value is -2.52. The fraction of sp³-hybridized carbons (Fsp3) is 0.158. The van der Waals surface area contributed by atoms with Gasteiger partial charge in [-0.3, -0.25) is 0 Å². The molecule has 4 rings (SSSR count). The predicted molar refractivity (Wildman–Crippen MR) is 91.0 cm³/mol. The van der Waals surface area contributed by atoms with Crippen LogP contribution in [0.5, 0.6) is 0 Å². The quantitative estimate of drug-likeness (QED) is 0.722. The van der Waals surface area contributed by atoms with Crippen molar-refractivity contribution in [3.63, 3.8) is 0 Å². The van der Waals surface area contributed by atoms with Gasteiger partial charge in [-0.25, -0.2) is 0 Å².